The van der Waals surface area contributed by atoms with E-state index in [-0.39, 0.29) is 17.6 Å². The van der Waals surface area contributed by atoms with E-state index < -0.39 is 0 Å². The molecule has 134 valence electrons. The Morgan fingerprint density at radius 2 is 2.08 bits per heavy atom. The van der Waals surface area contributed by atoms with Crippen LogP contribution in [-0.4, -0.2) is 26.8 Å². The second-order valence-corrected chi connectivity index (χ2v) is 7.95. The lowest BCUT2D eigenvalue weighted by Crippen LogP contribution is -2.32. The van der Waals surface area contributed by atoms with Gasteiger partial charge in [0, 0.05) is 17.1 Å². The van der Waals surface area contributed by atoms with Gasteiger partial charge in [-0.15, -0.1) is 16.4 Å². The highest BCUT2D eigenvalue weighted by Gasteiger charge is 2.30. The van der Waals surface area contributed by atoms with Crippen LogP contribution in [0.4, 0.5) is 0 Å². The summed E-state index contributed by atoms with van der Waals surface area (Å²) in [5.41, 5.74) is 0.466. The Balaban J connectivity index is 1.49. The van der Waals surface area contributed by atoms with Gasteiger partial charge in [-0.05, 0) is 52.4 Å². The number of carbonyl (C=O) groups is 1. The van der Waals surface area contributed by atoms with Crippen molar-refractivity contribution in [2.24, 2.45) is 0 Å². The average molecular weight is 433 g/mol. The fourth-order valence-corrected chi connectivity index (χ4v) is 3.99. The number of amides is 1. The van der Waals surface area contributed by atoms with Crippen LogP contribution >= 0.6 is 27.3 Å². The Hall–Kier alpha value is -2.19. The summed E-state index contributed by atoms with van der Waals surface area (Å²) in [4.78, 5) is 26.0. The van der Waals surface area contributed by atoms with E-state index in [1.807, 2.05) is 35.7 Å². The van der Waals surface area contributed by atoms with Crippen molar-refractivity contribution < 1.29 is 4.79 Å². The highest BCUT2D eigenvalue weighted by Crippen LogP contribution is 2.37. The first kappa shape index (κ1) is 17.2. The lowest BCUT2D eigenvalue weighted by atomic mass is 10.2. The van der Waals surface area contributed by atoms with Gasteiger partial charge in [0.15, 0.2) is 5.82 Å². The molecule has 3 aromatic rings. The molecule has 1 amide bonds. The Bertz CT molecular complexity index is 989. The normalized spacial score (nSPS) is 13.7. The first-order valence-corrected chi connectivity index (χ1v) is 10.1. The first-order valence-electron chi connectivity index (χ1n) is 8.41. The van der Waals surface area contributed by atoms with E-state index in [9.17, 15) is 9.59 Å². The number of carbonyl (C=O) groups excluding carboxylic acids is 1. The molecule has 0 unspecified atom stereocenters. The number of rotatable bonds is 6. The van der Waals surface area contributed by atoms with Gasteiger partial charge >= 0.3 is 5.69 Å². The molecule has 1 aliphatic rings. The van der Waals surface area contributed by atoms with Crippen LogP contribution in [0.15, 0.2) is 51.0 Å². The van der Waals surface area contributed by atoms with Crippen LogP contribution < -0.4 is 11.0 Å². The van der Waals surface area contributed by atoms with Crippen LogP contribution in [0.1, 0.15) is 29.2 Å². The van der Waals surface area contributed by atoms with Crippen molar-refractivity contribution in [3.8, 4) is 10.7 Å². The lowest BCUT2D eigenvalue weighted by molar-refractivity contribution is 0.0951. The van der Waals surface area contributed by atoms with Crippen molar-refractivity contribution in [2.75, 3.05) is 6.54 Å². The zero-order valence-corrected chi connectivity index (χ0v) is 16.3. The van der Waals surface area contributed by atoms with Crippen LogP contribution in [0.5, 0.6) is 0 Å². The predicted octanol–water partition coefficient (Wildman–Crippen LogP) is 3.30. The largest absolute Gasteiger partial charge is 0.350 e. The average Bonchev–Trinajstić information content (AvgIpc) is 3.21. The van der Waals surface area contributed by atoms with Crippen molar-refractivity contribution in [1.29, 1.82) is 0 Å². The number of nitrogens with one attached hydrogen (secondary N) is 1. The topological polar surface area (TPSA) is 68.9 Å². The zero-order valence-electron chi connectivity index (χ0n) is 13.9. The second-order valence-electron chi connectivity index (χ2n) is 6.14. The molecule has 1 saturated carbocycles. The van der Waals surface area contributed by atoms with Crippen LogP contribution in [0.3, 0.4) is 0 Å². The Labute approximate surface area is 162 Å². The third-order valence-corrected chi connectivity index (χ3v) is 5.81. The number of thiophene rings is 1. The van der Waals surface area contributed by atoms with Crippen molar-refractivity contribution >= 4 is 33.2 Å². The summed E-state index contributed by atoms with van der Waals surface area (Å²) in [5.74, 6) is 0.551. The minimum absolute atomic E-state index is 0.106. The van der Waals surface area contributed by atoms with E-state index in [2.05, 4.69) is 26.3 Å². The molecule has 0 radical (unpaired) electrons. The van der Waals surface area contributed by atoms with Gasteiger partial charge in [-0.25, -0.2) is 9.48 Å². The molecule has 0 saturated heterocycles. The van der Waals surface area contributed by atoms with E-state index in [1.165, 1.54) is 4.68 Å². The Morgan fingerprint density at radius 3 is 2.77 bits per heavy atom. The molecule has 2 aromatic heterocycles. The molecule has 0 spiro atoms. The molecule has 1 N–H and O–H groups in total. The van der Waals surface area contributed by atoms with Crippen LogP contribution in [0, 0.1) is 0 Å². The molecule has 0 bridgehead atoms. The van der Waals surface area contributed by atoms with E-state index in [0.29, 0.717) is 18.7 Å². The maximum absolute atomic E-state index is 12.7. The number of benzene rings is 1. The van der Waals surface area contributed by atoms with Crippen molar-refractivity contribution in [3.05, 3.63) is 62.3 Å². The summed E-state index contributed by atoms with van der Waals surface area (Å²) in [7, 11) is 0. The molecule has 6 nitrogen and oxygen atoms in total. The smallest absolute Gasteiger partial charge is 0.346 e. The SMILES string of the molecule is O=C(NCCn1nc(-c2cccs2)n(C2CC2)c1=O)c1ccccc1Br. The number of aromatic nitrogens is 3. The third-order valence-electron chi connectivity index (χ3n) is 4.25. The summed E-state index contributed by atoms with van der Waals surface area (Å²) >= 11 is 4.95. The summed E-state index contributed by atoms with van der Waals surface area (Å²) in [5, 5.41) is 9.35. The zero-order chi connectivity index (χ0) is 18.1. The maximum atomic E-state index is 12.7. The molecule has 1 aromatic carbocycles. The quantitative estimate of drug-likeness (QED) is 0.649. The minimum atomic E-state index is -0.175. The van der Waals surface area contributed by atoms with Gasteiger partial charge in [-0.3, -0.25) is 9.36 Å². The van der Waals surface area contributed by atoms with E-state index in [0.717, 1.165) is 28.0 Å². The van der Waals surface area contributed by atoms with Crippen molar-refractivity contribution in [2.45, 2.75) is 25.4 Å². The number of nitrogens with zero attached hydrogens (tertiary/aromatic N) is 3. The van der Waals surface area contributed by atoms with Crippen LogP contribution in [0.2, 0.25) is 0 Å². The van der Waals surface area contributed by atoms with Crippen molar-refractivity contribution in [3.63, 3.8) is 0 Å². The second kappa shape index (κ2) is 7.20. The molecule has 0 atom stereocenters. The molecule has 4 rings (SSSR count). The van der Waals surface area contributed by atoms with Crippen LogP contribution in [0.25, 0.3) is 10.7 Å². The fraction of sp³-hybridized carbons (Fsp3) is 0.278. The minimum Gasteiger partial charge on any atom is -0.350 e. The van der Waals surface area contributed by atoms with Gasteiger partial charge in [-0.2, -0.15) is 0 Å². The van der Waals surface area contributed by atoms with Gasteiger partial charge in [0.05, 0.1) is 17.0 Å². The summed E-state index contributed by atoms with van der Waals surface area (Å²) in [6, 6.07) is 11.4. The highest BCUT2D eigenvalue weighted by atomic mass is 79.9. The monoisotopic (exact) mass is 432 g/mol. The van der Waals surface area contributed by atoms with Crippen molar-refractivity contribution in [1.82, 2.24) is 19.7 Å². The molecular weight excluding hydrogens is 416 g/mol. The molecule has 1 fully saturated rings. The first-order chi connectivity index (χ1) is 12.6. The van der Waals surface area contributed by atoms with Gasteiger partial charge in [0.1, 0.15) is 0 Å². The van der Waals surface area contributed by atoms with Gasteiger partial charge in [-0.1, -0.05) is 18.2 Å². The fourth-order valence-electron chi connectivity index (χ4n) is 2.82. The molecule has 8 heteroatoms. The lowest BCUT2D eigenvalue weighted by Gasteiger charge is -2.06. The standard InChI is InChI=1S/C18H17BrN4O2S/c19-14-5-2-1-4-13(14)17(24)20-9-10-22-18(25)23(12-7-8-12)16(21-22)15-6-3-11-26-15/h1-6,11-12H,7-10H2,(H,20,24). The summed E-state index contributed by atoms with van der Waals surface area (Å²) in [6.45, 7) is 0.679. The molecule has 0 aliphatic heterocycles. The van der Waals surface area contributed by atoms with Gasteiger partial charge in [0.2, 0.25) is 0 Å². The highest BCUT2D eigenvalue weighted by molar-refractivity contribution is 9.10. The van der Waals surface area contributed by atoms with E-state index in [1.54, 1.807) is 22.0 Å². The molecule has 1 aliphatic carbocycles. The van der Waals surface area contributed by atoms with Gasteiger partial charge < -0.3 is 5.32 Å². The molecule has 2 heterocycles. The Kier molecular flexibility index (Phi) is 4.78. The maximum Gasteiger partial charge on any atom is 0.346 e. The number of hydrogen-bond acceptors (Lipinski definition) is 4. The number of halogens is 1. The predicted molar refractivity (Wildman–Crippen MR) is 105 cm³/mol. The third kappa shape index (κ3) is 3.39. The van der Waals surface area contributed by atoms with Gasteiger partial charge in [0.25, 0.3) is 5.91 Å². The van der Waals surface area contributed by atoms with E-state index >= 15 is 0 Å². The number of hydrogen-bond donors (Lipinski definition) is 1. The molecule has 26 heavy (non-hydrogen) atoms. The summed E-state index contributed by atoms with van der Waals surface area (Å²) in [6.07, 6.45) is 2.03. The van der Waals surface area contributed by atoms with E-state index in [4.69, 9.17) is 0 Å². The Morgan fingerprint density at radius 1 is 1.27 bits per heavy atom. The molecular formula is C18H17BrN4O2S. The summed E-state index contributed by atoms with van der Waals surface area (Å²) < 4.78 is 3.99. The van der Waals surface area contributed by atoms with Crippen LogP contribution in [-0.2, 0) is 6.54 Å².